The van der Waals surface area contributed by atoms with E-state index in [0.717, 1.165) is 31.0 Å². The third-order valence-corrected chi connectivity index (χ3v) is 4.72. The van der Waals surface area contributed by atoms with E-state index in [1.54, 1.807) is 24.3 Å². The van der Waals surface area contributed by atoms with Gasteiger partial charge in [0.2, 0.25) is 5.91 Å². The summed E-state index contributed by atoms with van der Waals surface area (Å²) in [7, 11) is 0. The zero-order valence-electron chi connectivity index (χ0n) is 15.2. The summed E-state index contributed by atoms with van der Waals surface area (Å²) in [5.74, 6) is 0.159. The summed E-state index contributed by atoms with van der Waals surface area (Å²) < 4.78 is 6.51. The number of benzene rings is 1. The molecule has 1 amide bonds. The minimum absolute atomic E-state index is 0.134. The van der Waals surface area contributed by atoms with Gasteiger partial charge in [-0.2, -0.15) is 0 Å². The fourth-order valence-electron chi connectivity index (χ4n) is 3.23. The first-order chi connectivity index (χ1) is 12.6. The Hall–Kier alpha value is -2.32. The van der Waals surface area contributed by atoms with Crippen molar-refractivity contribution in [3.63, 3.8) is 0 Å². The quantitative estimate of drug-likeness (QED) is 0.796. The number of carbonyl (C=O) groups excluding carboxylic acids is 1. The van der Waals surface area contributed by atoms with Crippen molar-refractivity contribution in [3.05, 3.63) is 34.6 Å². The van der Waals surface area contributed by atoms with E-state index in [2.05, 4.69) is 34.4 Å². The van der Waals surface area contributed by atoms with Gasteiger partial charge in [0.15, 0.2) is 0 Å². The van der Waals surface area contributed by atoms with Crippen LogP contribution in [-0.4, -0.2) is 64.7 Å². The minimum Gasteiger partial charge on any atom is -0.379 e. The van der Waals surface area contributed by atoms with Crippen LogP contribution < -0.4 is 10.9 Å². The smallest absolute Gasteiger partial charge is 0.278 e. The van der Waals surface area contributed by atoms with Crippen molar-refractivity contribution in [3.8, 4) is 0 Å². The standard InChI is InChI=1S/C18H25N5O3/c1-13(2)16(22-7-9-26-10-8-22)11-19-17(24)12-23-18(25)14-5-3-4-6-15(14)20-21-23/h3-6,13,16H,7-12H2,1-2H3,(H,19,24)/t16-/m1/s1. The number of morpholine rings is 1. The Kier molecular flexibility index (Phi) is 5.95. The fourth-order valence-corrected chi connectivity index (χ4v) is 3.23. The Morgan fingerprint density at radius 1 is 1.27 bits per heavy atom. The molecule has 1 saturated heterocycles. The summed E-state index contributed by atoms with van der Waals surface area (Å²) >= 11 is 0. The molecule has 0 spiro atoms. The van der Waals surface area contributed by atoms with Gasteiger partial charge in [0.05, 0.1) is 18.6 Å². The number of fused-ring (bicyclic) bond motifs is 1. The molecule has 0 radical (unpaired) electrons. The van der Waals surface area contributed by atoms with Crippen LogP contribution in [0.1, 0.15) is 13.8 Å². The van der Waals surface area contributed by atoms with Crippen LogP contribution >= 0.6 is 0 Å². The second-order valence-electron chi connectivity index (χ2n) is 6.83. The Morgan fingerprint density at radius 2 is 2.00 bits per heavy atom. The highest BCUT2D eigenvalue weighted by Gasteiger charge is 2.24. The third-order valence-electron chi connectivity index (χ3n) is 4.72. The number of carbonyl (C=O) groups is 1. The molecule has 1 N–H and O–H groups in total. The summed E-state index contributed by atoms with van der Waals surface area (Å²) in [5.41, 5.74) is 0.223. The second-order valence-corrected chi connectivity index (χ2v) is 6.83. The van der Waals surface area contributed by atoms with Crippen LogP contribution in [0.5, 0.6) is 0 Å². The summed E-state index contributed by atoms with van der Waals surface area (Å²) in [5, 5.41) is 11.3. The SMILES string of the molecule is CC(C)[C@@H](CNC(=O)Cn1nnc2ccccc2c1=O)N1CCOCC1. The molecule has 26 heavy (non-hydrogen) atoms. The highest BCUT2D eigenvalue weighted by atomic mass is 16.5. The number of hydrogen-bond donors (Lipinski definition) is 1. The molecule has 0 unspecified atom stereocenters. The predicted octanol–water partition coefficient (Wildman–Crippen LogP) is 0.265. The monoisotopic (exact) mass is 359 g/mol. The number of ether oxygens (including phenoxy) is 1. The number of amides is 1. The largest absolute Gasteiger partial charge is 0.379 e. The summed E-state index contributed by atoms with van der Waals surface area (Å²) in [6.45, 7) is 7.87. The number of aromatic nitrogens is 3. The molecule has 1 fully saturated rings. The molecule has 2 heterocycles. The molecule has 0 saturated carbocycles. The third kappa shape index (κ3) is 4.25. The van der Waals surface area contributed by atoms with Gasteiger partial charge >= 0.3 is 0 Å². The predicted molar refractivity (Wildman–Crippen MR) is 97.8 cm³/mol. The van der Waals surface area contributed by atoms with Crippen molar-refractivity contribution in [2.75, 3.05) is 32.8 Å². The van der Waals surface area contributed by atoms with Gasteiger partial charge in [-0.15, -0.1) is 5.10 Å². The van der Waals surface area contributed by atoms with Gasteiger partial charge in [-0.1, -0.05) is 31.2 Å². The molecule has 0 aliphatic carbocycles. The molecule has 2 aromatic rings. The Morgan fingerprint density at radius 3 is 2.73 bits per heavy atom. The van der Waals surface area contributed by atoms with Gasteiger partial charge in [-0.3, -0.25) is 14.5 Å². The van der Waals surface area contributed by atoms with E-state index in [-0.39, 0.29) is 24.1 Å². The molecule has 1 aromatic heterocycles. The first-order valence-corrected chi connectivity index (χ1v) is 8.97. The molecular weight excluding hydrogens is 334 g/mol. The van der Waals surface area contributed by atoms with E-state index in [4.69, 9.17) is 4.74 Å². The van der Waals surface area contributed by atoms with Gasteiger partial charge in [0.25, 0.3) is 5.56 Å². The molecule has 0 bridgehead atoms. The summed E-state index contributed by atoms with van der Waals surface area (Å²) in [6, 6.07) is 7.22. The maximum Gasteiger partial charge on any atom is 0.278 e. The van der Waals surface area contributed by atoms with Crippen molar-refractivity contribution in [1.82, 2.24) is 25.2 Å². The second kappa shape index (κ2) is 8.37. The molecule has 8 nitrogen and oxygen atoms in total. The van der Waals surface area contributed by atoms with Crippen LogP contribution in [0.25, 0.3) is 10.9 Å². The molecule has 1 aliphatic rings. The maximum atomic E-state index is 12.4. The topological polar surface area (TPSA) is 89.3 Å². The van der Waals surface area contributed by atoms with Gasteiger partial charge in [-0.25, -0.2) is 4.68 Å². The highest BCUT2D eigenvalue weighted by Crippen LogP contribution is 2.12. The Bertz CT molecular complexity index is 814. The first kappa shape index (κ1) is 18.5. The van der Waals surface area contributed by atoms with Gasteiger partial charge in [-0.05, 0) is 18.1 Å². The zero-order valence-corrected chi connectivity index (χ0v) is 15.2. The van der Waals surface area contributed by atoms with E-state index < -0.39 is 0 Å². The lowest BCUT2D eigenvalue weighted by atomic mass is 10.0. The number of hydrogen-bond acceptors (Lipinski definition) is 6. The molecule has 1 atom stereocenters. The lowest BCUT2D eigenvalue weighted by molar-refractivity contribution is -0.122. The van der Waals surface area contributed by atoms with Crippen LogP contribution in [0, 0.1) is 5.92 Å². The molecule has 8 heteroatoms. The van der Waals surface area contributed by atoms with Gasteiger partial charge < -0.3 is 10.1 Å². The number of rotatable bonds is 6. The normalized spacial score (nSPS) is 16.7. The highest BCUT2D eigenvalue weighted by molar-refractivity contribution is 5.78. The van der Waals surface area contributed by atoms with Crippen molar-refractivity contribution in [2.45, 2.75) is 26.4 Å². The van der Waals surface area contributed by atoms with Gasteiger partial charge in [0, 0.05) is 25.7 Å². The molecule has 1 aromatic carbocycles. The van der Waals surface area contributed by atoms with E-state index in [0.29, 0.717) is 23.4 Å². The number of nitrogens with zero attached hydrogens (tertiary/aromatic N) is 4. The molecule has 140 valence electrons. The average molecular weight is 359 g/mol. The van der Waals surface area contributed by atoms with Crippen molar-refractivity contribution < 1.29 is 9.53 Å². The Labute approximate surface area is 152 Å². The van der Waals surface area contributed by atoms with Crippen LogP contribution in [0.2, 0.25) is 0 Å². The lowest BCUT2D eigenvalue weighted by Gasteiger charge is -2.36. The van der Waals surface area contributed by atoms with E-state index in [1.807, 2.05) is 0 Å². The summed E-state index contributed by atoms with van der Waals surface area (Å²) in [6.07, 6.45) is 0. The number of nitrogens with one attached hydrogen (secondary N) is 1. The molecular formula is C18H25N5O3. The first-order valence-electron chi connectivity index (χ1n) is 8.97. The zero-order chi connectivity index (χ0) is 18.5. The molecule has 3 rings (SSSR count). The van der Waals surface area contributed by atoms with Gasteiger partial charge in [0.1, 0.15) is 12.1 Å². The van der Waals surface area contributed by atoms with E-state index >= 15 is 0 Å². The summed E-state index contributed by atoms with van der Waals surface area (Å²) in [4.78, 5) is 27.1. The van der Waals surface area contributed by atoms with E-state index in [1.165, 1.54) is 0 Å². The molecule has 1 aliphatic heterocycles. The lowest BCUT2D eigenvalue weighted by Crippen LogP contribution is -2.51. The Balaban J connectivity index is 1.63. The van der Waals surface area contributed by atoms with Crippen LogP contribution in [-0.2, 0) is 16.1 Å². The van der Waals surface area contributed by atoms with Crippen molar-refractivity contribution in [1.29, 1.82) is 0 Å². The van der Waals surface area contributed by atoms with Crippen molar-refractivity contribution in [2.24, 2.45) is 5.92 Å². The minimum atomic E-state index is -0.306. The van der Waals surface area contributed by atoms with Crippen LogP contribution in [0.3, 0.4) is 0 Å². The fraction of sp³-hybridized carbons (Fsp3) is 0.556. The van der Waals surface area contributed by atoms with E-state index in [9.17, 15) is 9.59 Å². The maximum absolute atomic E-state index is 12.4. The van der Waals surface area contributed by atoms with Crippen LogP contribution in [0.4, 0.5) is 0 Å². The van der Waals surface area contributed by atoms with Crippen LogP contribution in [0.15, 0.2) is 29.1 Å². The average Bonchev–Trinajstić information content (AvgIpc) is 2.65. The van der Waals surface area contributed by atoms with Crippen molar-refractivity contribution >= 4 is 16.8 Å².